The maximum Gasteiger partial charge on any atom is 0.222 e. The fourth-order valence-corrected chi connectivity index (χ4v) is 3.63. The van der Waals surface area contributed by atoms with Crippen molar-refractivity contribution < 1.29 is 13.9 Å². The summed E-state index contributed by atoms with van der Waals surface area (Å²) >= 11 is 0. The van der Waals surface area contributed by atoms with Crippen molar-refractivity contribution >= 4 is 5.91 Å². The van der Waals surface area contributed by atoms with Gasteiger partial charge in [-0.2, -0.15) is 0 Å². The predicted molar refractivity (Wildman–Crippen MR) is 109 cm³/mol. The predicted octanol–water partition coefficient (Wildman–Crippen LogP) is 3.89. The SMILES string of the molecule is CCOc1ccccc1CCC(=O)N1CCCN(Cc2ccc(F)cc2)CC1. The van der Waals surface area contributed by atoms with E-state index in [1.165, 1.54) is 12.1 Å². The highest BCUT2D eigenvalue weighted by Gasteiger charge is 2.19. The van der Waals surface area contributed by atoms with E-state index in [0.29, 0.717) is 19.4 Å². The number of nitrogens with zero attached hydrogens (tertiary/aromatic N) is 2. The Bertz CT molecular complexity index is 763. The topological polar surface area (TPSA) is 32.8 Å². The van der Waals surface area contributed by atoms with Crippen LogP contribution in [0.5, 0.6) is 5.75 Å². The fourth-order valence-electron chi connectivity index (χ4n) is 3.63. The normalized spacial score (nSPS) is 15.3. The second-order valence-electron chi connectivity index (χ2n) is 7.18. The van der Waals surface area contributed by atoms with Crippen molar-refractivity contribution in [3.05, 3.63) is 65.5 Å². The van der Waals surface area contributed by atoms with Crippen molar-refractivity contribution in [1.29, 1.82) is 0 Å². The molecule has 0 unspecified atom stereocenters. The zero-order valence-corrected chi connectivity index (χ0v) is 16.6. The molecule has 0 bridgehead atoms. The Hall–Kier alpha value is -2.40. The Labute approximate surface area is 166 Å². The van der Waals surface area contributed by atoms with Crippen LogP contribution >= 0.6 is 0 Å². The van der Waals surface area contributed by atoms with Crippen molar-refractivity contribution in [1.82, 2.24) is 9.80 Å². The van der Waals surface area contributed by atoms with Gasteiger partial charge in [-0.05, 0) is 49.1 Å². The van der Waals surface area contributed by atoms with Gasteiger partial charge in [0.05, 0.1) is 6.61 Å². The maximum absolute atomic E-state index is 13.1. The molecule has 0 atom stereocenters. The number of hydrogen-bond donors (Lipinski definition) is 0. The largest absolute Gasteiger partial charge is 0.494 e. The molecular weight excluding hydrogens is 355 g/mol. The first-order valence-electron chi connectivity index (χ1n) is 10.1. The van der Waals surface area contributed by atoms with E-state index in [0.717, 1.165) is 56.0 Å². The number of aryl methyl sites for hydroxylation is 1. The lowest BCUT2D eigenvalue weighted by atomic mass is 10.1. The lowest BCUT2D eigenvalue weighted by Gasteiger charge is -2.22. The number of amides is 1. The van der Waals surface area contributed by atoms with Crippen LogP contribution in [-0.2, 0) is 17.8 Å². The molecule has 4 nitrogen and oxygen atoms in total. The van der Waals surface area contributed by atoms with Crippen LogP contribution in [0.25, 0.3) is 0 Å². The van der Waals surface area contributed by atoms with Crippen LogP contribution in [0, 0.1) is 5.82 Å². The molecule has 0 aromatic heterocycles. The first kappa shape index (κ1) is 20.3. The first-order chi connectivity index (χ1) is 13.7. The summed E-state index contributed by atoms with van der Waals surface area (Å²) < 4.78 is 18.7. The smallest absolute Gasteiger partial charge is 0.222 e. The first-order valence-corrected chi connectivity index (χ1v) is 10.1. The van der Waals surface area contributed by atoms with Crippen molar-refractivity contribution in [2.75, 3.05) is 32.8 Å². The summed E-state index contributed by atoms with van der Waals surface area (Å²) in [7, 11) is 0. The number of carbonyl (C=O) groups is 1. The third kappa shape index (κ3) is 5.80. The Morgan fingerprint density at radius 2 is 1.82 bits per heavy atom. The quantitative estimate of drug-likeness (QED) is 0.726. The summed E-state index contributed by atoms with van der Waals surface area (Å²) in [4.78, 5) is 17.0. The van der Waals surface area contributed by atoms with Gasteiger partial charge in [0, 0.05) is 39.1 Å². The molecule has 3 rings (SSSR count). The maximum atomic E-state index is 13.1. The minimum absolute atomic E-state index is 0.204. The van der Waals surface area contributed by atoms with E-state index in [1.807, 2.05) is 48.2 Å². The second kappa shape index (κ2) is 10.2. The van der Waals surface area contributed by atoms with E-state index in [9.17, 15) is 9.18 Å². The highest BCUT2D eigenvalue weighted by atomic mass is 19.1. The number of halogens is 1. The van der Waals surface area contributed by atoms with E-state index < -0.39 is 0 Å². The molecule has 0 radical (unpaired) electrons. The fraction of sp³-hybridized carbons (Fsp3) is 0.435. The van der Waals surface area contributed by atoms with E-state index in [2.05, 4.69) is 4.90 Å². The van der Waals surface area contributed by atoms with Crippen molar-refractivity contribution in [3.8, 4) is 5.75 Å². The molecule has 150 valence electrons. The molecule has 1 heterocycles. The number of carbonyl (C=O) groups excluding carboxylic acids is 1. The van der Waals surface area contributed by atoms with Crippen molar-refractivity contribution in [2.45, 2.75) is 32.7 Å². The van der Waals surface area contributed by atoms with E-state index in [4.69, 9.17) is 4.74 Å². The van der Waals surface area contributed by atoms with Gasteiger partial charge in [-0.25, -0.2) is 4.39 Å². The van der Waals surface area contributed by atoms with Gasteiger partial charge >= 0.3 is 0 Å². The van der Waals surface area contributed by atoms with E-state index in [1.54, 1.807) is 0 Å². The highest BCUT2D eigenvalue weighted by Crippen LogP contribution is 2.20. The van der Waals surface area contributed by atoms with Gasteiger partial charge in [-0.3, -0.25) is 9.69 Å². The third-order valence-corrected chi connectivity index (χ3v) is 5.14. The Morgan fingerprint density at radius 3 is 2.61 bits per heavy atom. The van der Waals surface area contributed by atoms with Crippen LogP contribution in [0.4, 0.5) is 4.39 Å². The molecule has 2 aromatic carbocycles. The summed E-state index contributed by atoms with van der Waals surface area (Å²) in [5.74, 6) is 0.872. The monoisotopic (exact) mass is 384 g/mol. The summed E-state index contributed by atoms with van der Waals surface area (Å²) in [6.45, 7) is 6.73. The molecule has 5 heteroatoms. The third-order valence-electron chi connectivity index (χ3n) is 5.14. The van der Waals surface area contributed by atoms with Crippen LogP contribution in [0.3, 0.4) is 0 Å². The molecule has 1 saturated heterocycles. The minimum atomic E-state index is -0.206. The van der Waals surface area contributed by atoms with Crippen molar-refractivity contribution in [3.63, 3.8) is 0 Å². The molecule has 1 amide bonds. The molecule has 1 aliphatic rings. The van der Waals surface area contributed by atoms with Crippen LogP contribution in [0.2, 0.25) is 0 Å². The van der Waals surface area contributed by atoms with Gasteiger partial charge in [0.25, 0.3) is 0 Å². The van der Waals surface area contributed by atoms with Crippen LogP contribution in [-0.4, -0.2) is 48.5 Å². The molecule has 0 N–H and O–H groups in total. The van der Waals surface area contributed by atoms with Gasteiger partial charge in [0.15, 0.2) is 0 Å². The van der Waals surface area contributed by atoms with Crippen LogP contribution in [0.1, 0.15) is 30.9 Å². The average Bonchev–Trinajstić information content (AvgIpc) is 2.95. The number of benzene rings is 2. The Kier molecular flexibility index (Phi) is 7.43. The highest BCUT2D eigenvalue weighted by molar-refractivity contribution is 5.76. The minimum Gasteiger partial charge on any atom is -0.494 e. The zero-order valence-electron chi connectivity index (χ0n) is 16.6. The standard InChI is InChI=1S/C23H29FN2O2/c1-2-28-22-7-4-3-6-20(22)10-13-23(27)26-15-5-14-25(16-17-26)18-19-8-11-21(24)12-9-19/h3-4,6-9,11-12H,2,5,10,13-18H2,1H3. The molecule has 28 heavy (non-hydrogen) atoms. The second-order valence-corrected chi connectivity index (χ2v) is 7.18. The summed E-state index contributed by atoms with van der Waals surface area (Å²) in [6, 6.07) is 14.6. The number of rotatable bonds is 7. The molecule has 1 aliphatic heterocycles. The number of para-hydroxylation sites is 1. The van der Waals surface area contributed by atoms with Crippen molar-refractivity contribution in [2.24, 2.45) is 0 Å². The molecular formula is C23H29FN2O2. The van der Waals surface area contributed by atoms with Crippen LogP contribution < -0.4 is 4.74 Å². The Morgan fingerprint density at radius 1 is 1.04 bits per heavy atom. The van der Waals surface area contributed by atoms with Gasteiger partial charge in [-0.1, -0.05) is 30.3 Å². The van der Waals surface area contributed by atoms with Gasteiger partial charge < -0.3 is 9.64 Å². The summed E-state index contributed by atoms with van der Waals surface area (Å²) in [6.07, 6.45) is 2.16. The van der Waals surface area contributed by atoms with Gasteiger partial charge in [0.2, 0.25) is 5.91 Å². The lowest BCUT2D eigenvalue weighted by Crippen LogP contribution is -2.35. The molecule has 2 aromatic rings. The average molecular weight is 384 g/mol. The molecule has 0 saturated carbocycles. The van der Waals surface area contributed by atoms with E-state index >= 15 is 0 Å². The summed E-state index contributed by atoms with van der Waals surface area (Å²) in [5, 5.41) is 0. The number of hydrogen-bond acceptors (Lipinski definition) is 3. The molecule has 0 spiro atoms. The van der Waals surface area contributed by atoms with E-state index in [-0.39, 0.29) is 11.7 Å². The summed E-state index contributed by atoms with van der Waals surface area (Å²) in [5.41, 5.74) is 2.19. The zero-order chi connectivity index (χ0) is 19.8. The number of ether oxygens (including phenoxy) is 1. The van der Waals surface area contributed by atoms with Gasteiger partial charge in [0.1, 0.15) is 11.6 Å². The Balaban J connectivity index is 1.49. The molecule has 1 fully saturated rings. The lowest BCUT2D eigenvalue weighted by molar-refractivity contribution is -0.131. The molecule has 0 aliphatic carbocycles. The van der Waals surface area contributed by atoms with Gasteiger partial charge in [-0.15, -0.1) is 0 Å². The van der Waals surface area contributed by atoms with Crippen LogP contribution in [0.15, 0.2) is 48.5 Å².